The van der Waals surface area contributed by atoms with Crippen molar-refractivity contribution < 1.29 is 0 Å². The smallest absolute Gasteiger partial charge is 0.0548 e. The number of hydrogen-bond donors (Lipinski definition) is 1. The van der Waals surface area contributed by atoms with Gasteiger partial charge in [0, 0.05) is 20.8 Å². The first kappa shape index (κ1) is 16.9. The third-order valence-electron chi connectivity index (χ3n) is 2.92. The van der Waals surface area contributed by atoms with Gasteiger partial charge in [0.25, 0.3) is 0 Å². The summed E-state index contributed by atoms with van der Waals surface area (Å²) in [4.78, 5) is 2.28. The van der Waals surface area contributed by atoms with Gasteiger partial charge < -0.3 is 5.32 Å². The Morgan fingerprint density at radius 1 is 1.14 bits per heavy atom. The lowest BCUT2D eigenvalue weighted by Crippen LogP contribution is -2.18. The van der Waals surface area contributed by atoms with Crippen molar-refractivity contribution in [3.8, 4) is 0 Å². The highest BCUT2D eigenvalue weighted by Crippen LogP contribution is 2.34. The summed E-state index contributed by atoms with van der Waals surface area (Å²) >= 11 is 11.5. The molecule has 0 spiro atoms. The van der Waals surface area contributed by atoms with Gasteiger partial charge in [-0.05, 0) is 54.4 Å². The van der Waals surface area contributed by atoms with Gasteiger partial charge in [0.05, 0.1) is 5.02 Å². The second-order valence-electron chi connectivity index (χ2n) is 5.35. The van der Waals surface area contributed by atoms with E-state index in [9.17, 15) is 0 Å². The maximum atomic E-state index is 6.39. The van der Waals surface area contributed by atoms with E-state index in [1.165, 1.54) is 10.5 Å². The van der Waals surface area contributed by atoms with Gasteiger partial charge in [-0.2, -0.15) is 0 Å². The highest BCUT2D eigenvalue weighted by Gasteiger charge is 2.05. The van der Waals surface area contributed by atoms with E-state index < -0.39 is 0 Å². The van der Waals surface area contributed by atoms with Crippen LogP contribution in [0.3, 0.4) is 0 Å². The molecule has 1 nitrogen and oxygen atoms in total. The molecule has 0 amide bonds. The van der Waals surface area contributed by atoms with Crippen molar-refractivity contribution in [1.29, 1.82) is 0 Å². The number of halogens is 2. The minimum Gasteiger partial charge on any atom is -0.312 e. The van der Waals surface area contributed by atoms with Crippen molar-refractivity contribution >= 4 is 39.3 Å². The lowest BCUT2D eigenvalue weighted by molar-refractivity contribution is 0.552. The van der Waals surface area contributed by atoms with Gasteiger partial charge in [0.1, 0.15) is 0 Å². The average Bonchev–Trinajstić information content (AvgIpc) is 2.44. The molecule has 0 saturated heterocycles. The maximum Gasteiger partial charge on any atom is 0.0548 e. The first-order chi connectivity index (χ1) is 10.0. The summed E-state index contributed by atoms with van der Waals surface area (Å²) in [6.07, 6.45) is 0. The molecule has 112 valence electrons. The molecule has 1 N–H and O–H groups in total. The van der Waals surface area contributed by atoms with Gasteiger partial charge in [0.15, 0.2) is 0 Å². The Morgan fingerprint density at radius 2 is 1.86 bits per heavy atom. The van der Waals surface area contributed by atoms with E-state index in [0.717, 1.165) is 27.5 Å². The fraction of sp³-hybridized carbons (Fsp3) is 0.294. The zero-order chi connectivity index (χ0) is 15.2. The van der Waals surface area contributed by atoms with E-state index in [1.807, 2.05) is 12.1 Å². The third kappa shape index (κ3) is 5.67. The van der Waals surface area contributed by atoms with Crippen LogP contribution in [-0.2, 0) is 6.54 Å². The molecule has 0 aromatic heterocycles. The molecule has 0 aliphatic carbocycles. The van der Waals surface area contributed by atoms with Crippen molar-refractivity contribution in [2.24, 2.45) is 5.92 Å². The van der Waals surface area contributed by atoms with Gasteiger partial charge in [-0.15, -0.1) is 0 Å². The standard InChI is InChI=1S/C17H19BrClNS/c1-12(2)10-20-11-13-3-8-17(16(19)9-13)21-15-6-4-14(18)5-7-15/h3-9,12,20H,10-11H2,1-2H3. The first-order valence-corrected chi connectivity index (χ1v) is 8.96. The monoisotopic (exact) mass is 383 g/mol. The molecular weight excluding hydrogens is 366 g/mol. The van der Waals surface area contributed by atoms with E-state index >= 15 is 0 Å². The lowest BCUT2D eigenvalue weighted by atomic mass is 10.2. The zero-order valence-corrected chi connectivity index (χ0v) is 15.4. The normalized spacial score (nSPS) is 11.1. The maximum absolute atomic E-state index is 6.39. The average molecular weight is 385 g/mol. The summed E-state index contributed by atoms with van der Waals surface area (Å²) in [6.45, 7) is 6.30. The molecule has 0 bridgehead atoms. The van der Waals surface area contributed by atoms with Crippen molar-refractivity contribution in [2.45, 2.75) is 30.2 Å². The highest BCUT2D eigenvalue weighted by atomic mass is 79.9. The van der Waals surface area contributed by atoms with Gasteiger partial charge in [-0.25, -0.2) is 0 Å². The molecule has 0 aliphatic heterocycles. The second kappa shape index (κ2) is 8.23. The van der Waals surface area contributed by atoms with Crippen LogP contribution in [0.2, 0.25) is 5.02 Å². The quantitative estimate of drug-likeness (QED) is 0.655. The van der Waals surface area contributed by atoms with E-state index in [-0.39, 0.29) is 0 Å². The lowest BCUT2D eigenvalue weighted by Gasteiger charge is -2.10. The van der Waals surface area contributed by atoms with E-state index in [0.29, 0.717) is 5.92 Å². The summed E-state index contributed by atoms with van der Waals surface area (Å²) in [5.74, 6) is 0.660. The number of hydrogen-bond acceptors (Lipinski definition) is 2. The van der Waals surface area contributed by atoms with Crippen LogP contribution < -0.4 is 5.32 Å². The Kier molecular flexibility index (Phi) is 6.62. The topological polar surface area (TPSA) is 12.0 Å². The Bertz CT molecular complexity index is 584. The predicted molar refractivity (Wildman–Crippen MR) is 96.3 cm³/mol. The molecule has 2 aromatic rings. The fourth-order valence-electron chi connectivity index (χ4n) is 1.87. The molecule has 0 atom stereocenters. The van der Waals surface area contributed by atoms with Crippen molar-refractivity contribution in [1.82, 2.24) is 5.32 Å². The molecule has 0 aliphatic rings. The molecule has 2 rings (SSSR count). The fourth-order valence-corrected chi connectivity index (χ4v) is 3.27. The van der Waals surface area contributed by atoms with Gasteiger partial charge in [-0.1, -0.05) is 59.2 Å². The Labute approximate surface area is 144 Å². The molecule has 0 saturated carbocycles. The molecule has 21 heavy (non-hydrogen) atoms. The van der Waals surface area contributed by atoms with Gasteiger partial charge >= 0.3 is 0 Å². The van der Waals surface area contributed by atoms with Crippen LogP contribution in [0.25, 0.3) is 0 Å². The van der Waals surface area contributed by atoms with Crippen LogP contribution in [0.5, 0.6) is 0 Å². The Morgan fingerprint density at radius 3 is 2.48 bits per heavy atom. The van der Waals surface area contributed by atoms with E-state index in [1.54, 1.807) is 11.8 Å². The summed E-state index contributed by atoms with van der Waals surface area (Å²) in [5.41, 5.74) is 1.22. The summed E-state index contributed by atoms with van der Waals surface area (Å²) in [6, 6.07) is 14.5. The number of benzene rings is 2. The Balaban J connectivity index is 2.00. The molecule has 0 fully saturated rings. The van der Waals surface area contributed by atoms with Crippen LogP contribution in [-0.4, -0.2) is 6.54 Å². The molecular formula is C17H19BrClNS. The van der Waals surface area contributed by atoms with Gasteiger partial charge in [0.2, 0.25) is 0 Å². The number of rotatable bonds is 6. The molecule has 0 heterocycles. The van der Waals surface area contributed by atoms with E-state index in [4.69, 9.17) is 11.6 Å². The van der Waals surface area contributed by atoms with Crippen molar-refractivity contribution in [2.75, 3.05) is 6.54 Å². The summed E-state index contributed by atoms with van der Waals surface area (Å²) < 4.78 is 1.09. The first-order valence-electron chi connectivity index (χ1n) is 6.97. The summed E-state index contributed by atoms with van der Waals surface area (Å²) in [7, 11) is 0. The van der Waals surface area contributed by atoms with Crippen LogP contribution in [0.15, 0.2) is 56.7 Å². The zero-order valence-electron chi connectivity index (χ0n) is 12.2. The van der Waals surface area contributed by atoms with Gasteiger partial charge in [-0.3, -0.25) is 0 Å². The third-order valence-corrected chi connectivity index (χ3v) is 4.96. The Hall–Kier alpha value is -0.480. The molecule has 2 aromatic carbocycles. The second-order valence-corrected chi connectivity index (χ2v) is 7.78. The molecule has 0 radical (unpaired) electrons. The SMILES string of the molecule is CC(C)CNCc1ccc(Sc2ccc(Br)cc2)c(Cl)c1. The van der Waals surface area contributed by atoms with Crippen LogP contribution in [0.4, 0.5) is 0 Å². The van der Waals surface area contributed by atoms with Crippen LogP contribution >= 0.6 is 39.3 Å². The molecule has 4 heteroatoms. The predicted octanol–water partition coefficient (Wildman–Crippen LogP) is 6.00. The minimum absolute atomic E-state index is 0.660. The van der Waals surface area contributed by atoms with Crippen molar-refractivity contribution in [3.63, 3.8) is 0 Å². The largest absolute Gasteiger partial charge is 0.312 e. The number of nitrogens with one attached hydrogen (secondary N) is 1. The molecule has 0 unspecified atom stereocenters. The highest BCUT2D eigenvalue weighted by molar-refractivity contribution is 9.10. The summed E-state index contributed by atoms with van der Waals surface area (Å²) in [5, 5.41) is 4.24. The van der Waals surface area contributed by atoms with E-state index in [2.05, 4.69) is 65.4 Å². The van der Waals surface area contributed by atoms with Crippen LogP contribution in [0, 0.1) is 5.92 Å². The van der Waals surface area contributed by atoms with Crippen LogP contribution in [0.1, 0.15) is 19.4 Å². The minimum atomic E-state index is 0.660. The van der Waals surface area contributed by atoms with Crippen molar-refractivity contribution in [3.05, 3.63) is 57.5 Å².